The molecule has 154 valence electrons. The summed E-state index contributed by atoms with van der Waals surface area (Å²) in [4.78, 5) is 27.5. The van der Waals surface area contributed by atoms with Crippen molar-refractivity contribution in [2.45, 2.75) is 72.5 Å². The number of nitrogens with zero attached hydrogens (tertiary/aromatic N) is 1. The van der Waals surface area contributed by atoms with Gasteiger partial charge in [0.1, 0.15) is 11.4 Å². The van der Waals surface area contributed by atoms with Gasteiger partial charge in [0.15, 0.2) is 11.4 Å². The Morgan fingerprint density at radius 3 is 2.29 bits per heavy atom. The molecule has 0 radical (unpaired) electrons. The topological polar surface area (TPSA) is 55.8 Å². The predicted molar refractivity (Wildman–Crippen MR) is 109 cm³/mol. The largest absolute Gasteiger partial charge is 0.482 e. The van der Waals surface area contributed by atoms with Gasteiger partial charge in [-0.25, -0.2) is 4.79 Å². The molecular formula is C23H33NO4. The van der Waals surface area contributed by atoms with E-state index in [9.17, 15) is 9.59 Å². The van der Waals surface area contributed by atoms with Crippen LogP contribution in [0.3, 0.4) is 0 Å². The van der Waals surface area contributed by atoms with E-state index in [1.54, 1.807) is 4.90 Å². The standard InChI is InChI=1S/C23H33NO4/c1-14(2)15-9-10-16-17(11-15)27-23(19(18(16)25)21(3,4)5)12-24(13-23)20(26)28-22(6,7)8/h9-11,14,19H,12-13H2,1-8H3. The summed E-state index contributed by atoms with van der Waals surface area (Å²) in [6, 6.07) is 5.88. The maximum absolute atomic E-state index is 13.4. The highest BCUT2D eigenvalue weighted by molar-refractivity contribution is 6.03. The van der Waals surface area contributed by atoms with E-state index >= 15 is 0 Å². The highest BCUT2D eigenvalue weighted by atomic mass is 16.6. The molecule has 0 N–H and O–H groups in total. The molecule has 2 aliphatic heterocycles. The number of Topliss-reactive ketones (excluding diaryl/α,β-unsaturated/α-hetero) is 1. The lowest BCUT2D eigenvalue weighted by molar-refractivity contribution is -0.130. The van der Waals surface area contributed by atoms with Crippen LogP contribution < -0.4 is 4.74 Å². The smallest absolute Gasteiger partial charge is 0.410 e. The van der Waals surface area contributed by atoms with Gasteiger partial charge in [-0.1, -0.05) is 40.7 Å². The number of rotatable bonds is 1. The molecule has 2 heterocycles. The van der Waals surface area contributed by atoms with Gasteiger partial charge in [0.05, 0.1) is 24.6 Å². The lowest BCUT2D eigenvalue weighted by Crippen LogP contribution is -2.74. The van der Waals surface area contributed by atoms with Crippen LogP contribution in [0.15, 0.2) is 18.2 Å². The van der Waals surface area contributed by atoms with Crippen LogP contribution in [0.1, 0.15) is 77.2 Å². The highest BCUT2D eigenvalue weighted by Crippen LogP contribution is 2.49. The van der Waals surface area contributed by atoms with Crippen molar-refractivity contribution in [1.82, 2.24) is 4.90 Å². The molecule has 2 aliphatic rings. The van der Waals surface area contributed by atoms with E-state index in [1.165, 1.54) is 0 Å². The Labute approximate surface area is 168 Å². The fourth-order valence-corrected chi connectivity index (χ4v) is 4.34. The molecule has 0 bridgehead atoms. The highest BCUT2D eigenvalue weighted by Gasteiger charge is 2.62. The molecule has 1 atom stereocenters. The van der Waals surface area contributed by atoms with E-state index in [0.717, 1.165) is 5.56 Å². The maximum atomic E-state index is 13.4. The fraction of sp³-hybridized carbons (Fsp3) is 0.652. The Hall–Kier alpha value is -2.04. The number of hydrogen-bond donors (Lipinski definition) is 0. The number of likely N-dealkylation sites (tertiary alicyclic amines) is 1. The number of amides is 1. The van der Waals surface area contributed by atoms with Crippen LogP contribution in [-0.4, -0.2) is 41.1 Å². The van der Waals surface area contributed by atoms with E-state index < -0.39 is 11.2 Å². The van der Waals surface area contributed by atoms with Crippen LogP contribution in [-0.2, 0) is 4.74 Å². The summed E-state index contributed by atoms with van der Waals surface area (Å²) in [5, 5.41) is 0. The first-order valence-corrected chi connectivity index (χ1v) is 10.1. The van der Waals surface area contributed by atoms with Crippen molar-refractivity contribution in [3.05, 3.63) is 29.3 Å². The molecule has 0 saturated carbocycles. The Bertz CT molecular complexity index is 792. The van der Waals surface area contributed by atoms with Crippen molar-refractivity contribution in [1.29, 1.82) is 0 Å². The van der Waals surface area contributed by atoms with Crippen molar-refractivity contribution >= 4 is 11.9 Å². The van der Waals surface area contributed by atoms with E-state index in [1.807, 2.05) is 39.0 Å². The summed E-state index contributed by atoms with van der Waals surface area (Å²) in [7, 11) is 0. The number of hydrogen-bond acceptors (Lipinski definition) is 4. The molecule has 1 saturated heterocycles. The average Bonchev–Trinajstić information content (AvgIpc) is 2.48. The Balaban J connectivity index is 1.93. The fourth-order valence-electron chi connectivity index (χ4n) is 4.34. The number of benzene rings is 1. The molecule has 0 aliphatic carbocycles. The number of carbonyl (C=O) groups is 2. The Morgan fingerprint density at radius 2 is 1.79 bits per heavy atom. The normalized spacial score (nSPS) is 21.2. The molecule has 1 fully saturated rings. The van der Waals surface area contributed by atoms with E-state index in [-0.39, 0.29) is 23.2 Å². The lowest BCUT2D eigenvalue weighted by atomic mass is 9.63. The van der Waals surface area contributed by atoms with Crippen LogP contribution >= 0.6 is 0 Å². The van der Waals surface area contributed by atoms with E-state index in [0.29, 0.717) is 30.3 Å². The van der Waals surface area contributed by atoms with Crippen molar-refractivity contribution < 1.29 is 19.1 Å². The molecule has 0 aromatic heterocycles. The van der Waals surface area contributed by atoms with Gasteiger partial charge >= 0.3 is 6.09 Å². The Kier molecular flexibility index (Phi) is 4.80. The number of carbonyl (C=O) groups excluding carboxylic acids is 2. The van der Waals surface area contributed by atoms with Crippen LogP contribution in [0.2, 0.25) is 0 Å². The molecule has 1 amide bonds. The minimum atomic E-state index is -0.700. The van der Waals surface area contributed by atoms with Gasteiger partial charge < -0.3 is 9.47 Å². The van der Waals surface area contributed by atoms with Gasteiger partial charge in [0.2, 0.25) is 0 Å². The van der Waals surface area contributed by atoms with Crippen LogP contribution in [0, 0.1) is 11.3 Å². The summed E-state index contributed by atoms with van der Waals surface area (Å²) in [6.07, 6.45) is -0.358. The van der Waals surface area contributed by atoms with Gasteiger partial charge in [0.25, 0.3) is 0 Å². The van der Waals surface area contributed by atoms with Gasteiger partial charge in [-0.15, -0.1) is 0 Å². The Morgan fingerprint density at radius 1 is 1.18 bits per heavy atom. The maximum Gasteiger partial charge on any atom is 0.410 e. The third-order valence-electron chi connectivity index (χ3n) is 5.47. The second kappa shape index (κ2) is 6.50. The van der Waals surface area contributed by atoms with E-state index in [2.05, 4.69) is 34.6 Å². The zero-order valence-corrected chi connectivity index (χ0v) is 18.4. The molecule has 1 spiro atoms. The van der Waals surface area contributed by atoms with Crippen molar-refractivity contribution in [3.63, 3.8) is 0 Å². The second-order valence-corrected chi connectivity index (χ2v) is 10.6. The van der Waals surface area contributed by atoms with Crippen LogP contribution in [0.25, 0.3) is 0 Å². The van der Waals surface area contributed by atoms with Gasteiger partial charge in [-0.2, -0.15) is 0 Å². The first kappa shape index (κ1) is 20.7. The summed E-state index contributed by atoms with van der Waals surface area (Å²) in [5.41, 5.74) is 0.246. The molecular weight excluding hydrogens is 354 g/mol. The molecule has 1 aromatic rings. The minimum absolute atomic E-state index is 0.105. The average molecular weight is 388 g/mol. The zero-order valence-electron chi connectivity index (χ0n) is 18.4. The first-order chi connectivity index (χ1) is 12.7. The summed E-state index contributed by atoms with van der Waals surface area (Å²) >= 11 is 0. The quantitative estimate of drug-likeness (QED) is 0.678. The zero-order chi connectivity index (χ0) is 21.1. The second-order valence-electron chi connectivity index (χ2n) is 10.6. The molecule has 28 heavy (non-hydrogen) atoms. The summed E-state index contributed by atoms with van der Waals surface area (Å²) in [6.45, 7) is 16.7. The van der Waals surface area contributed by atoms with Crippen LogP contribution in [0.4, 0.5) is 4.79 Å². The monoisotopic (exact) mass is 387 g/mol. The molecule has 1 unspecified atom stereocenters. The SMILES string of the molecule is CC(C)c1ccc2c(c1)OC1(CN(C(=O)OC(C)(C)C)C1)C(C(C)(C)C)C2=O. The van der Waals surface area contributed by atoms with Crippen LogP contribution in [0.5, 0.6) is 5.75 Å². The number of fused-ring (bicyclic) bond motifs is 1. The minimum Gasteiger partial charge on any atom is -0.482 e. The van der Waals surface area contributed by atoms with E-state index in [4.69, 9.17) is 9.47 Å². The lowest BCUT2D eigenvalue weighted by Gasteiger charge is -2.57. The van der Waals surface area contributed by atoms with Gasteiger partial charge in [-0.05, 0) is 49.8 Å². The summed E-state index contributed by atoms with van der Waals surface area (Å²) in [5.74, 6) is 0.768. The van der Waals surface area contributed by atoms with Crippen molar-refractivity contribution in [2.24, 2.45) is 11.3 Å². The number of ketones is 1. The molecule has 5 nitrogen and oxygen atoms in total. The predicted octanol–water partition coefficient (Wildman–Crippen LogP) is 5.04. The molecule has 1 aromatic carbocycles. The van der Waals surface area contributed by atoms with Gasteiger partial charge in [-0.3, -0.25) is 9.69 Å². The number of ether oxygens (including phenoxy) is 2. The van der Waals surface area contributed by atoms with Crippen molar-refractivity contribution in [2.75, 3.05) is 13.1 Å². The van der Waals surface area contributed by atoms with Gasteiger partial charge in [0, 0.05) is 0 Å². The molecule has 5 heteroatoms. The third-order valence-corrected chi connectivity index (χ3v) is 5.47. The summed E-state index contributed by atoms with van der Waals surface area (Å²) < 4.78 is 12.0. The first-order valence-electron chi connectivity index (χ1n) is 10.1. The van der Waals surface area contributed by atoms with Crippen molar-refractivity contribution in [3.8, 4) is 5.75 Å². The molecule has 3 rings (SSSR count). The third kappa shape index (κ3) is 3.63.